The van der Waals surface area contributed by atoms with Crippen molar-refractivity contribution in [2.24, 2.45) is 11.7 Å². The van der Waals surface area contributed by atoms with Gasteiger partial charge in [-0.25, -0.2) is 0 Å². The predicted molar refractivity (Wildman–Crippen MR) is 74.3 cm³/mol. The largest absolute Gasteiger partial charge is 0.393 e. The molecule has 1 unspecified atom stereocenters. The van der Waals surface area contributed by atoms with Crippen molar-refractivity contribution in [1.29, 1.82) is 0 Å². The van der Waals surface area contributed by atoms with Gasteiger partial charge in [0.1, 0.15) is 0 Å². The molecule has 6 heteroatoms. The van der Waals surface area contributed by atoms with Crippen molar-refractivity contribution in [3.05, 3.63) is 21.9 Å². The summed E-state index contributed by atoms with van der Waals surface area (Å²) in [5.41, 5.74) is 6.22. The van der Waals surface area contributed by atoms with E-state index < -0.39 is 12.1 Å². The Kier molecular flexibility index (Phi) is 5.08. The summed E-state index contributed by atoms with van der Waals surface area (Å²) in [4.78, 5) is 2.90. The van der Waals surface area contributed by atoms with Crippen molar-refractivity contribution < 1.29 is 13.2 Å². The minimum Gasteiger partial charge on any atom is -0.320 e. The topological polar surface area (TPSA) is 29.3 Å². The first kappa shape index (κ1) is 15.4. The molecule has 0 amide bonds. The van der Waals surface area contributed by atoms with E-state index in [-0.39, 0.29) is 19.5 Å². The van der Waals surface area contributed by atoms with E-state index in [0.717, 1.165) is 10.4 Å². The molecule has 1 aliphatic heterocycles. The smallest absolute Gasteiger partial charge is 0.320 e. The summed E-state index contributed by atoms with van der Waals surface area (Å²) in [5, 5.41) is 1.92. The number of nitrogens with zero attached hydrogens (tertiary/aromatic N) is 1. The Morgan fingerprint density at radius 1 is 1.45 bits per heavy atom. The van der Waals surface area contributed by atoms with Crippen molar-refractivity contribution >= 4 is 11.3 Å². The molecule has 1 atom stereocenters. The van der Waals surface area contributed by atoms with Gasteiger partial charge < -0.3 is 5.73 Å². The van der Waals surface area contributed by atoms with Gasteiger partial charge in [-0.05, 0) is 30.8 Å². The lowest BCUT2D eigenvalue weighted by atomic mass is 9.97. The SMILES string of the molecule is NCC#Cc1ccsc1CN1CCCC(C(F)(F)F)C1. The van der Waals surface area contributed by atoms with Gasteiger partial charge in [0.05, 0.1) is 12.5 Å². The molecule has 0 spiro atoms. The van der Waals surface area contributed by atoms with Crippen LogP contribution in [0.4, 0.5) is 13.2 Å². The molecule has 2 heterocycles. The molecule has 1 aromatic rings. The van der Waals surface area contributed by atoms with Gasteiger partial charge in [-0.3, -0.25) is 4.90 Å². The molecule has 20 heavy (non-hydrogen) atoms. The first-order valence-corrected chi connectivity index (χ1v) is 7.43. The average molecular weight is 302 g/mol. The average Bonchev–Trinajstić information content (AvgIpc) is 2.83. The lowest BCUT2D eigenvalue weighted by Gasteiger charge is -2.33. The second-order valence-corrected chi connectivity index (χ2v) is 5.88. The summed E-state index contributed by atoms with van der Waals surface area (Å²) < 4.78 is 38.3. The Morgan fingerprint density at radius 2 is 2.25 bits per heavy atom. The van der Waals surface area contributed by atoms with Crippen molar-refractivity contribution in [2.75, 3.05) is 19.6 Å². The quantitative estimate of drug-likeness (QED) is 0.851. The van der Waals surface area contributed by atoms with Crippen molar-refractivity contribution in [2.45, 2.75) is 25.6 Å². The van der Waals surface area contributed by atoms with Gasteiger partial charge in [0, 0.05) is 23.5 Å². The zero-order chi connectivity index (χ0) is 14.6. The fraction of sp³-hybridized carbons (Fsp3) is 0.571. The molecule has 0 aliphatic carbocycles. The van der Waals surface area contributed by atoms with E-state index >= 15 is 0 Å². The third-order valence-electron chi connectivity index (χ3n) is 3.41. The maximum atomic E-state index is 12.8. The van der Waals surface area contributed by atoms with Gasteiger partial charge in [-0.15, -0.1) is 11.3 Å². The molecule has 0 aromatic carbocycles. The number of thiophene rings is 1. The number of halogens is 3. The monoisotopic (exact) mass is 302 g/mol. The van der Waals surface area contributed by atoms with Crippen molar-refractivity contribution in [1.82, 2.24) is 4.90 Å². The summed E-state index contributed by atoms with van der Waals surface area (Å²) >= 11 is 1.54. The van der Waals surface area contributed by atoms with Gasteiger partial charge >= 0.3 is 6.18 Å². The van der Waals surface area contributed by atoms with E-state index in [9.17, 15) is 13.2 Å². The van der Waals surface area contributed by atoms with Crippen LogP contribution >= 0.6 is 11.3 Å². The van der Waals surface area contributed by atoms with Gasteiger partial charge in [0.2, 0.25) is 0 Å². The number of likely N-dealkylation sites (tertiary alicyclic amines) is 1. The van der Waals surface area contributed by atoms with E-state index in [1.807, 2.05) is 16.3 Å². The molecule has 2 nitrogen and oxygen atoms in total. The number of alkyl halides is 3. The maximum absolute atomic E-state index is 12.8. The Morgan fingerprint density at radius 3 is 2.95 bits per heavy atom. The van der Waals surface area contributed by atoms with E-state index in [1.54, 1.807) is 0 Å². The highest BCUT2D eigenvalue weighted by Gasteiger charge is 2.41. The van der Waals surface area contributed by atoms with Crippen molar-refractivity contribution in [3.63, 3.8) is 0 Å². The molecule has 0 radical (unpaired) electrons. The minimum atomic E-state index is -4.09. The van der Waals surface area contributed by atoms with E-state index in [0.29, 0.717) is 19.5 Å². The van der Waals surface area contributed by atoms with Crippen LogP contribution in [0.15, 0.2) is 11.4 Å². The Balaban J connectivity index is 2.01. The van der Waals surface area contributed by atoms with Crippen molar-refractivity contribution in [3.8, 4) is 11.8 Å². The van der Waals surface area contributed by atoms with Crippen LogP contribution in [0.25, 0.3) is 0 Å². The van der Waals surface area contributed by atoms with Crippen LogP contribution in [-0.2, 0) is 6.54 Å². The summed E-state index contributed by atoms with van der Waals surface area (Å²) in [7, 11) is 0. The zero-order valence-electron chi connectivity index (χ0n) is 11.0. The van der Waals surface area contributed by atoms with Crippen LogP contribution < -0.4 is 5.73 Å². The van der Waals surface area contributed by atoms with Crippen LogP contribution in [0.2, 0.25) is 0 Å². The Bertz CT molecular complexity index is 498. The lowest BCUT2D eigenvalue weighted by Crippen LogP contribution is -2.41. The highest BCUT2D eigenvalue weighted by molar-refractivity contribution is 7.10. The van der Waals surface area contributed by atoms with Gasteiger partial charge in [-0.1, -0.05) is 11.8 Å². The first-order valence-electron chi connectivity index (χ1n) is 6.55. The minimum absolute atomic E-state index is 0.0884. The van der Waals surface area contributed by atoms with Gasteiger partial charge in [-0.2, -0.15) is 13.2 Å². The summed E-state index contributed by atoms with van der Waals surface area (Å²) in [6.07, 6.45) is -3.25. The molecule has 1 saturated heterocycles. The molecular weight excluding hydrogens is 285 g/mol. The molecule has 0 bridgehead atoms. The third kappa shape index (κ3) is 3.98. The highest BCUT2D eigenvalue weighted by Crippen LogP contribution is 2.34. The van der Waals surface area contributed by atoms with E-state index in [1.165, 1.54) is 11.3 Å². The number of hydrogen-bond donors (Lipinski definition) is 1. The van der Waals surface area contributed by atoms with Crippen LogP contribution in [-0.4, -0.2) is 30.7 Å². The van der Waals surface area contributed by atoms with Crippen LogP contribution in [0, 0.1) is 17.8 Å². The van der Waals surface area contributed by atoms with Crippen LogP contribution in [0.3, 0.4) is 0 Å². The second-order valence-electron chi connectivity index (χ2n) is 4.88. The standard InChI is InChI=1S/C14H17F3N2S/c15-14(16,17)12-4-2-7-19(9-12)10-13-11(3-1-6-18)5-8-20-13/h5,8,12H,2,4,6-7,9-10,18H2. The number of rotatable bonds is 2. The highest BCUT2D eigenvalue weighted by atomic mass is 32.1. The Hall–Kier alpha value is -1.03. The number of piperidine rings is 1. The maximum Gasteiger partial charge on any atom is 0.393 e. The number of hydrogen-bond acceptors (Lipinski definition) is 3. The second kappa shape index (κ2) is 6.61. The first-order chi connectivity index (χ1) is 9.50. The molecular formula is C14H17F3N2S. The number of nitrogens with two attached hydrogens (primary N) is 1. The van der Waals surface area contributed by atoms with Gasteiger partial charge in [0.15, 0.2) is 0 Å². The summed E-state index contributed by atoms with van der Waals surface area (Å²) in [6, 6.07) is 1.90. The summed E-state index contributed by atoms with van der Waals surface area (Å²) in [6.45, 7) is 1.63. The third-order valence-corrected chi connectivity index (χ3v) is 4.31. The molecule has 110 valence electrons. The molecule has 2 N–H and O–H groups in total. The van der Waals surface area contributed by atoms with Crippen LogP contribution in [0.5, 0.6) is 0 Å². The molecule has 2 rings (SSSR count). The lowest BCUT2D eigenvalue weighted by molar-refractivity contribution is -0.187. The molecule has 1 aliphatic rings. The normalized spacial score (nSPS) is 20.5. The fourth-order valence-corrected chi connectivity index (χ4v) is 3.26. The fourth-order valence-electron chi connectivity index (χ4n) is 2.39. The molecule has 1 fully saturated rings. The van der Waals surface area contributed by atoms with Crippen LogP contribution in [0.1, 0.15) is 23.3 Å². The predicted octanol–water partition coefficient (Wildman–Crippen LogP) is 2.83. The molecule has 1 aromatic heterocycles. The van der Waals surface area contributed by atoms with Gasteiger partial charge in [0.25, 0.3) is 0 Å². The zero-order valence-corrected chi connectivity index (χ0v) is 11.9. The van der Waals surface area contributed by atoms with E-state index in [4.69, 9.17) is 5.73 Å². The Labute approximate surface area is 120 Å². The van der Waals surface area contributed by atoms with E-state index in [2.05, 4.69) is 11.8 Å². The molecule has 0 saturated carbocycles. The summed E-state index contributed by atoms with van der Waals surface area (Å²) in [5.74, 6) is 4.56.